The summed E-state index contributed by atoms with van der Waals surface area (Å²) < 4.78 is 18.3. The second kappa shape index (κ2) is 8.01. The minimum Gasteiger partial charge on any atom is -0.464 e. The molecule has 1 aromatic carbocycles. The number of anilines is 1. The van der Waals surface area contributed by atoms with Gasteiger partial charge in [-0.3, -0.25) is 0 Å². The Morgan fingerprint density at radius 3 is 2.38 bits per heavy atom. The fraction of sp³-hybridized carbons (Fsp3) is 0.588. The molecule has 0 amide bonds. The van der Waals surface area contributed by atoms with Gasteiger partial charge in [-0.05, 0) is 49.9 Å². The molecule has 0 fully saturated rings. The normalized spacial score (nSPS) is 15.1. The molecule has 2 unspecified atom stereocenters. The third-order valence-corrected chi connectivity index (χ3v) is 3.89. The van der Waals surface area contributed by atoms with Crippen LogP contribution in [0.2, 0.25) is 0 Å². The molecule has 118 valence electrons. The van der Waals surface area contributed by atoms with Crippen LogP contribution in [-0.4, -0.2) is 18.1 Å². The van der Waals surface area contributed by atoms with Crippen molar-refractivity contribution in [2.75, 3.05) is 11.9 Å². The van der Waals surface area contributed by atoms with Crippen LogP contribution in [0.25, 0.3) is 0 Å². The van der Waals surface area contributed by atoms with Crippen LogP contribution < -0.4 is 5.32 Å². The molecule has 0 bridgehead atoms. The fourth-order valence-electron chi connectivity index (χ4n) is 2.38. The topological polar surface area (TPSA) is 38.3 Å². The van der Waals surface area contributed by atoms with E-state index in [1.54, 1.807) is 19.1 Å². The van der Waals surface area contributed by atoms with E-state index in [9.17, 15) is 9.18 Å². The zero-order valence-electron chi connectivity index (χ0n) is 13.4. The summed E-state index contributed by atoms with van der Waals surface area (Å²) in [5.41, 5.74) is -0.0295. The Morgan fingerprint density at radius 2 is 1.90 bits per heavy atom. The third kappa shape index (κ3) is 4.73. The van der Waals surface area contributed by atoms with Crippen LogP contribution >= 0.6 is 0 Å². The van der Waals surface area contributed by atoms with E-state index in [-0.39, 0.29) is 11.8 Å². The van der Waals surface area contributed by atoms with Gasteiger partial charge in [-0.1, -0.05) is 27.2 Å². The Bertz CT molecular complexity index is 447. The lowest BCUT2D eigenvalue weighted by molar-refractivity contribution is -0.149. The number of hydrogen-bond acceptors (Lipinski definition) is 3. The van der Waals surface area contributed by atoms with Crippen molar-refractivity contribution in [1.82, 2.24) is 0 Å². The van der Waals surface area contributed by atoms with E-state index in [1.165, 1.54) is 12.1 Å². The van der Waals surface area contributed by atoms with E-state index < -0.39 is 5.54 Å². The van der Waals surface area contributed by atoms with Gasteiger partial charge >= 0.3 is 5.97 Å². The molecule has 0 heterocycles. The van der Waals surface area contributed by atoms with Gasteiger partial charge < -0.3 is 10.1 Å². The highest BCUT2D eigenvalue weighted by Gasteiger charge is 2.39. The van der Waals surface area contributed by atoms with Crippen molar-refractivity contribution in [3.05, 3.63) is 30.1 Å². The minimum atomic E-state index is -0.761. The van der Waals surface area contributed by atoms with Crippen LogP contribution in [0.3, 0.4) is 0 Å². The molecular weight excluding hydrogens is 269 g/mol. The highest BCUT2D eigenvalue weighted by atomic mass is 19.1. The van der Waals surface area contributed by atoms with E-state index >= 15 is 0 Å². The summed E-state index contributed by atoms with van der Waals surface area (Å²) in [6, 6.07) is 6.07. The van der Waals surface area contributed by atoms with Gasteiger partial charge in [-0.25, -0.2) is 9.18 Å². The second-order valence-corrected chi connectivity index (χ2v) is 5.51. The first-order valence-corrected chi connectivity index (χ1v) is 7.68. The van der Waals surface area contributed by atoms with Crippen molar-refractivity contribution in [2.45, 2.75) is 52.5 Å². The molecule has 0 aliphatic carbocycles. The standard InChI is InChI=1S/C17H26FNO2/c1-5-13(4)12-17(6-2,16(20)21-7-3)19-15-10-8-14(18)9-11-15/h8-11,13,19H,5-7,12H2,1-4H3. The number of halogens is 1. The number of carbonyl (C=O) groups excluding carboxylic acids is 1. The van der Waals surface area contributed by atoms with Gasteiger partial charge in [0.25, 0.3) is 0 Å². The number of benzene rings is 1. The summed E-state index contributed by atoms with van der Waals surface area (Å²) >= 11 is 0. The van der Waals surface area contributed by atoms with Gasteiger partial charge in [0.05, 0.1) is 6.61 Å². The summed E-state index contributed by atoms with van der Waals surface area (Å²) in [6.45, 7) is 8.35. The number of rotatable bonds is 8. The van der Waals surface area contributed by atoms with E-state index in [0.717, 1.165) is 12.1 Å². The summed E-state index contributed by atoms with van der Waals surface area (Å²) in [5.74, 6) is -0.139. The number of hydrogen-bond donors (Lipinski definition) is 1. The van der Waals surface area contributed by atoms with Crippen LogP contribution in [0.5, 0.6) is 0 Å². The lowest BCUT2D eigenvalue weighted by Gasteiger charge is -2.34. The Morgan fingerprint density at radius 1 is 1.29 bits per heavy atom. The van der Waals surface area contributed by atoms with E-state index in [2.05, 4.69) is 19.2 Å². The molecule has 3 nitrogen and oxygen atoms in total. The van der Waals surface area contributed by atoms with Crippen molar-refractivity contribution in [3.8, 4) is 0 Å². The molecular formula is C17H26FNO2. The van der Waals surface area contributed by atoms with Gasteiger partial charge in [-0.15, -0.1) is 0 Å². The number of ether oxygens (including phenoxy) is 1. The maximum Gasteiger partial charge on any atom is 0.331 e. The van der Waals surface area contributed by atoms with Crippen LogP contribution in [0.4, 0.5) is 10.1 Å². The minimum absolute atomic E-state index is 0.239. The maximum atomic E-state index is 13.0. The molecule has 0 saturated heterocycles. The first-order chi connectivity index (χ1) is 9.97. The lowest BCUT2D eigenvalue weighted by Crippen LogP contribution is -2.48. The number of nitrogens with one attached hydrogen (secondary N) is 1. The second-order valence-electron chi connectivity index (χ2n) is 5.51. The Kier molecular flexibility index (Phi) is 6.66. The van der Waals surface area contributed by atoms with Gasteiger partial charge in [0.2, 0.25) is 0 Å². The molecule has 4 heteroatoms. The van der Waals surface area contributed by atoms with Gasteiger partial charge in [0.1, 0.15) is 11.4 Å². The first-order valence-electron chi connectivity index (χ1n) is 7.68. The number of carbonyl (C=O) groups is 1. The van der Waals surface area contributed by atoms with Crippen LogP contribution in [-0.2, 0) is 9.53 Å². The number of esters is 1. The predicted octanol–water partition coefficient (Wildman–Crippen LogP) is 4.39. The molecule has 21 heavy (non-hydrogen) atoms. The third-order valence-electron chi connectivity index (χ3n) is 3.89. The van der Waals surface area contributed by atoms with Crippen molar-refractivity contribution >= 4 is 11.7 Å². The molecule has 0 radical (unpaired) electrons. The summed E-state index contributed by atoms with van der Waals surface area (Å²) in [7, 11) is 0. The highest BCUT2D eigenvalue weighted by molar-refractivity contribution is 5.84. The molecule has 1 N–H and O–H groups in total. The Hall–Kier alpha value is -1.58. The molecule has 0 aliphatic rings. The zero-order chi connectivity index (χ0) is 15.9. The molecule has 0 saturated carbocycles. The van der Waals surface area contributed by atoms with Gasteiger partial charge in [0, 0.05) is 5.69 Å². The largest absolute Gasteiger partial charge is 0.464 e. The molecule has 1 rings (SSSR count). The predicted molar refractivity (Wildman–Crippen MR) is 83.7 cm³/mol. The zero-order valence-corrected chi connectivity index (χ0v) is 13.4. The maximum absolute atomic E-state index is 13.0. The highest BCUT2D eigenvalue weighted by Crippen LogP contribution is 2.29. The van der Waals surface area contributed by atoms with Crippen LogP contribution in [0.1, 0.15) is 47.0 Å². The Balaban J connectivity index is 3.03. The monoisotopic (exact) mass is 295 g/mol. The molecule has 1 aromatic rings. The molecule has 2 atom stereocenters. The summed E-state index contributed by atoms with van der Waals surface area (Å²) in [4.78, 5) is 12.5. The van der Waals surface area contributed by atoms with Crippen molar-refractivity contribution < 1.29 is 13.9 Å². The quantitative estimate of drug-likeness (QED) is 0.723. The van der Waals surface area contributed by atoms with Gasteiger partial charge in [-0.2, -0.15) is 0 Å². The fourth-order valence-corrected chi connectivity index (χ4v) is 2.38. The average molecular weight is 295 g/mol. The lowest BCUT2D eigenvalue weighted by atomic mass is 9.84. The van der Waals surface area contributed by atoms with E-state index in [4.69, 9.17) is 4.74 Å². The average Bonchev–Trinajstić information content (AvgIpc) is 2.48. The first kappa shape index (κ1) is 17.5. The SMILES string of the molecule is CCOC(=O)C(CC)(CC(C)CC)Nc1ccc(F)cc1. The van der Waals surface area contributed by atoms with Crippen molar-refractivity contribution in [3.63, 3.8) is 0 Å². The van der Waals surface area contributed by atoms with E-state index in [0.29, 0.717) is 25.4 Å². The van der Waals surface area contributed by atoms with Crippen LogP contribution in [0, 0.1) is 11.7 Å². The summed E-state index contributed by atoms with van der Waals surface area (Å²) in [6.07, 6.45) is 2.30. The van der Waals surface area contributed by atoms with Gasteiger partial charge in [0.15, 0.2) is 0 Å². The van der Waals surface area contributed by atoms with Crippen molar-refractivity contribution in [2.24, 2.45) is 5.92 Å². The molecule has 0 aliphatic heterocycles. The van der Waals surface area contributed by atoms with E-state index in [1.807, 2.05) is 6.92 Å². The van der Waals surface area contributed by atoms with Crippen molar-refractivity contribution in [1.29, 1.82) is 0 Å². The van der Waals surface area contributed by atoms with Crippen LogP contribution in [0.15, 0.2) is 24.3 Å². The summed E-state index contributed by atoms with van der Waals surface area (Å²) in [5, 5.41) is 3.28. The smallest absolute Gasteiger partial charge is 0.331 e. The Labute approximate surface area is 126 Å². The molecule has 0 aromatic heterocycles. The molecule has 0 spiro atoms.